The number of hydrogen-bond donors (Lipinski definition) is 4. The highest BCUT2D eigenvalue weighted by molar-refractivity contribution is 5.82. The number of H-pyrrole nitrogens is 1. The maximum Gasteiger partial charge on any atom is 0.246 e. The lowest BCUT2D eigenvalue weighted by molar-refractivity contribution is -0.131. The molecule has 0 radical (unpaired) electrons. The van der Waals surface area contributed by atoms with Crippen LogP contribution in [0.5, 0.6) is 0 Å². The van der Waals surface area contributed by atoms with Crippen molar-refractivity contribution in [3.05, 3.63) is 18.2 Å². The predicted octanol–water partition coefficient (Wildman–Crippen LogP) is 0.871. The smallest absolute Gasteiger partial charge is 0.246 e. The Morgan fingerprint density at radius 3 is 2.65 bits per heavy atom. The molecule has 0 aliphatic carbocycles. The molecule has 0 unspecified atom stereocenters. The number of primary amides is 1. The number of rotatable bonds is 13. The number of aromatic nitrogens is 2. The number of hydrogen-bond acceptors (Lipinski definition) is 5. The number of aromatic amines is 1. The zero-order valence-electron chi connectivity index (χ0n) is 16.0. The summed E-state index contributed by atoms with van der Waals surface area (Å²) in [5.74, 6) is -0.363. The lowest BCUT2D eigenvalue weighted by Crippen LogP contribution is -2.49. The summed E-state index contributed by atoms with van der Waals surface area (Å²) in [5, 5.41) is 2.94. The zero-order valence-corrected chi connectivity index (χ0v) is 16.0. The van der Waals surface area contributed by atoms with Gasteiger partial charge in [0.15, 0.2) is 0 Å². The second-order valence-electron chi connectivity index (χ2n) is 7.09. The molecule has 0 aliphatic heterocycles. The molecular weight excluding hydrogens is 334 g/mol. The minimum absolute atomic E-state index is 0.223. The number of ether oxygens (including phenoxy) is 1. The predicted molar refractivity (Wildman–Crippen MR) is 100 cm³/mol. The van der Waals surface area contributed by atoms with E-state index in [2.05, 4.69) is 29.1 Å². The van der Waals surface area contributed by atoms with Crippen LogP contribution >= 0.6 is 0 Å². The molecule has 6 N–H and O–H groups in total. The molecule has 8 nitrogen and oxygen atoms in total. The van der Waals surface area contributed by atoms with Gasteiger partial charge in [0.25, 0.3) is 0 Å². The van der Waals surface area contributed by atoms with Crippen LogP contribution in [0.3, 0.4) is 0 Å². The molecule has 1 heterocycles. The molecule has 0 saturated carbocycles. The minimum Gasteiger partial charge on any atom is -0.367 e. The van der Waals surface area contributed by atoms with E-state index < -0.39 is 18.1 Å². The molecule has 0 saturated heterocycles. The average molecular weight is 367 g/mol. The molecule has 3 atom stereocenters. The van der Waals surface area contributed by atoms with Crippen LogP contribution in [-0.2, 0) is 20.7 Å². The van der Waals surface area contributed by atoms with Crippen LogP contribution in [0.2, 0.25) is 0 Å². The quantitative estimate of drug-likeness (QED) is 0.410. The zero-order chi connectivity index (χ0) is 19.5. The molecule has 8 heteroatoms. The van der Waals surface area contributed by atoms with Crippen molar-refractivity contribution in [1.82, 2.24) is 15.3 Å². The first-order chi connectivity index (χ1) is 12.3. The van der Waals surface area contributed by atoms with Gasteiger partial charge in [-0.25, -0.2) is 4.98 Å². The van der Waals surface area contributed by atoms with Gasteiger partial charge in [-0.1, -0.05) is 33.6 Å². The maximum absolute atomic E-state index is 12.4. The van der Waals surface area contributed by atoms with Crippen LogP contribution in [0.25, 0.3) is 0 Å². The molecule has 1 rings (SSSR count). The number of imidazole rings is 1. The summed E-state index contributed by atoms with van der Waals surface area (Å²) in [5.41, 5.74) is 12.2. The lowest BCUT2D eigenvalue weighted by Gasteiger charge is -2.24. The van der Waals surface area contributed by atoms with E-state index in [9.17, 15) is 9.59 Å². The first-order valence-electron chi connectivity index (χ1n) is 9.27. The summed E-state index contributed by atoms with van der Waals surface area (Å²) < 4.78 is 5.71. The van der Waals surface area contributed by atoms with Crippen molar-refractivity contribution in [1.29, 1.82) is 0 Å². The fourth-order valence-corrected chi connectivity index (χ4v) is 2.70. The molecule has 0 fully saturated rings. The van der Waals surface area contributed by atoms with E-state index in [1.54, 1.807) is 12.5 Å². The highest BCUT2D eigenvalue weighted by Crippen LogP contribution is 2.10. The van der Waals surface area contributed by atoms with Crippen LogP contribution < -0.4 is 16.8 Å². The molecule has 0 aliphatic rings. The van der Waals surface area contributed by atoms with Crippen LogP contribution in [-0.4, -0.2) is 46.6 Å². The number of nitrogens with one attached hydrogen (secondary N) is 2. The molecule has 0 spiro atoms. The number of nitrogens with zero attached hydrogens (tertiary/aromatic N) is 1. The van der Waals surface area contributed by atoms with Gasteiger partial charge in [-0.15, -0.1) is 0 Å². The number of amides is 2. The fourth-order valence-electron chi connectivity index (χ4n) is 2.70. The van der Waals surface area contributed by atoms with Crippen molar-refractivity contribution in [3.63, 3.8) is 0 Å². The Hall–Kier alpha value is -1.93. The van der Waals surface area contributed by atoms with E-state index in [1.165, 1.54) is 0 Å². The molecule has 0 aromatic carbocycles. The molecule has 0 bridgehead atoms. The summed E-state index contributed by atoms with van der Waals surface area (Å²) in [6, 6.07) is -0.907. The van der Waals surface area contributed by atoms with Crippen LogP contribution in [0.15, 0.2) is 12.5 Å². The number of carbonyl (C=O) groups is 2. The fraction of sp³-hybridized carbons (Fsp3) is 0.722. The average Bonchev–Trinajstić information content (AvgIpc) is 3.06. The third-order valence-electron chi connectivity index (χ3n) is 4.07. The third kappa shape index (κ3) is 8.44. The van der Waals surface area contributed by atoms with Crippen molar-refractivity contribution in [2.75, 3.05) is 6.61 Å². The van der Waals surface area contributed by atoms with Gasteiger partial charge in [-0.05, 0) is 18.8 Å². The Kier molecular flexibility index (Phi) is 9.90. The molecule has 26 heavy (non-hydrogen) atoms. The van der Waals surface area contributed by atoms with Gasteiger partial charge in [-0.3, -0.25) is 9.59 Å². The number of carbonyl (C=O) groups excluding carboxylic acids is 2. The van der Waals surface area contributed by atoms with E-state index >= 15 is 0 Å². The molecule has 148 valence electrons. The summed E-state index contributed by atoms with van der Waals surface area (Å²) in [4.78, 5) is 30.8. The number of nitrogens with two attached hydrogens (primary N) is 2. The monoisotopic (exact) mass is 367 g/mol. The van der Waals surface area contributed by atoms with Crippen molar-refractivity contribution >= 4 is 11.8 Å². The second kappa shape index (κ2) is 11.6. The molecular formula is C18H33N5O3. The Morgan fingerprint density at radius 2 is 2.12 bits per heavy atom. The van der Waals surface area contributed by atoms with Crippen molar-refractivity contribution < 1.29 is 14.3 Å². The van der Waals surface area contributed by atoms with E-state index in [-0.39, 0.29) is 18.6 Å². The summed E-state index contributed by atoms with van der Waals surface area (Å²) in [7, 11) is 0. The van der Waals surface area contributed by atoms with Crippen LogP contribution in [0.4, 0.5) is 0 Å². The maximum atomic E-state index is 12.4. The van der Waals surface area contributed by atoms with Gasteiger partial charge >= 0.3 is 0 Å². The Balaban J connectivity index is 2.58. The highest BCUT2D eigenvalue weighted by atomic mass is 16.5. The summed E-state index contributed by atoms with van der Waals surface area (Å²) in [6.07, 6.45) is 6.09. The topological polar surface area (TPSA) is 136 Å². The first kappa shape index (κ1) is 22.1. The largest absolute Gasteiger partial charge is 0.367 e. The normalized spacial score (nSPS) is 14.8. The van der Waals surface area contributed by atoms with Crippen molar-refractivity contribution in [2.45, 2.75) is 71.1 Å². The van der Waals surface area contributed by atoms with Gasteiger partial charge in [0.05, 0.1) is 25.0 Å². The van der Waals surface area contributed by atoms with Crippen LogP contribution in [0.1, 0.15) is 52.1 Å². The van der Waals surface area contributed by atoms with Gasteiger partial charge in [0.1, 0.15) is 6.10 Å². The van der Waals surface area contributed by atoms with Crippen molar-refractivity contribution in [2.24, 2.45) is 17.4 Å². The van der Waals surface area contributed by atoms with Gasteiger partial charge < -0.3 is 26.5 Å². The van der Waals surface area contributed by atoms with E-state index in [0.29, 0.717) is 18.8 Å². The Bertz CT molecular complexity index is 533. The van der Waals surface area contributed by atoms with E-state index in [0.717, 1.165) is 25.0 Å². The lowest BCUT2D eigenvalue weighted by atomic mass is 10.0. The second-order valence-corrected chi connectivity index (χ2v) is 7.09. The Morgan fingerprint density at radius 1 is 1.38 bits per heavy atom. The Labute approximate surface area is 155 Å². The van der Waals surface area contributed by atoms with Crippen molar-refractivity contribution in [3.8, 4) is 0 Å². The summed E-state index contributed by atoms with van der Waals surface area (Å²) >= 11 is 0. The summed E-state index contributed by atoms with van der Waals surface area (Å²) in [6.45, 7) is 6.40. The van der Waals surface area contributed by atoms with Crippen LogP contribution in [0, 0.1) is 5.92 Å². The molecule has 1 aromatic rings. The van der Waals surface area contributed by atoms with E-state index in [1.807, 2.05) is 6.92 Å². The van der Waals surface area contributed by atoms with E-state index in [4.69, 9.17) is 16.2 Å². The number of unbranched alkanes of at least 4 members (excludes halogenated alkanes) is 1. The SMILES string of the molecule is CCCC[C@H](OC[C@H](CC(C)C)NC(=O)[C@@H](N)Cc1cnc[nH]1)C(N)=O. The standard InChI is InChI=1S/C18H33N5O3/c1-4-5-6-16(17(20)24)26-10-14(7-12(2)3)23-18(25)15(19)8-13-9-21-11-22-13/h9,11-12,14-16H,4-8,10,19H2,1-3H3,(H2,20,24)(H,21,22)(H,23,25)/t14-,15-,16-/m0/s1. The van der Waals surface area contributed by atoms with Gasteiger partial charge in [-0.2, -0.15) is 0 Å². The van der Waals surface area contributed by atoms with Gasteiger partial charge in [0, 0.05) is 18.3 Å². The first-order valence-corrected chi connectivity index (χ1v) is 9.27. The highest BCUT2D eigenvalue weighted by Gasteiger charge is 2.22. The van der Waals surface area contributed by atoms with Gasteiger partial charge in [0.2, 0.25) is 11.8 Å². The third-order valence-corrected chi connectivity index (χ3v) is 4.07. The molecule has 1 aromatic heterocycles. The molecule has 2 amide bonds. The minimum atomic E-state index is -0.683.